The van der Waals surface area contributed by atoms with Crippen molar-refractivity contribution in [2.24, 2.45) is 0 Å². The van der Waals surface area contributed by atoms with E-state index in [1.807, 2.05) is 20.8 Å². The van der Waals surface area contributed by atoms with Gasteiger partial charge >= 0.3 is 5.97 Å². The Morgan fingerprint density at radius 2 is 1.67 bits per heavy atom. The number of nitrogens with one attached hydrogen (secondary N) is 1. The summed E-state index contributed by atoms with van der Waals surface area (Å²) in [6, 6.07) is 0. The molecule has 0 heterocycles. The molecule has 0 saturated carbocycles. The maximum Gasteiger partial charge on any atom is 0.332 e. The van der Waals surface area contributed by atoms with Crippen molar-refractivity contribution in [1.29, 1.82) is 0 Å². The van der Waals surface area contributed by atoms with E-state index in [0.29, 0.717) is 0 Å². The van der Waals surface area contributed by atoms with Crippen LogP contribution in [-0.2, 0) is 14.3 Å². The summed E-state index contributed by atoms with van der Waals surface area (Å²) in [6.45, 7) is 8.46. The standard InChI is InChI=1S/C10H19NO4/c1-6(15-7(2)9(13)14)8(12)11-10(3,4)5/h6-7H,1-5H3,(H,11,12)(H,13,14). The van der Waals surface area contributed by atoms with E-state index in [9.17, 15) is 9.59 Å². The van der Waals surface area contributed by atoms with E-state index >= 15 is 0 Å². The third-order valence-electron chi connectivity index (χ3n) is 1.62. The summed E-state index contributed by atoms with van der Waals surface area (Å²) in [5.41, 5.74) is -0.346. The Morgan fingerprint density at radius 1 is 1.20 bits per heavy atom. The van der Waals surface area contributed by atoms with Crippen LogP contribution in [0.3, 0.4) is 0 Å². The molecule has 88 valence electrons. The number of hydrogen-bond donors (Lipinski definition) is 2. The van der Waals surface area contributed by atoms with Crippen LogP contribution in [-0.4, -0.2) is 34.7 Å². The quantitative estimate of drug-likeness (QED) is 0.729. The summed E-state index contributed by atoms with van der Waals surface area (Å²) < 4.78 is 5.01. The highest BCUT2D eigenvalue weighted by Gasteiger charge is 2.23. The molecule has 0 saturated heterocycles. The summed E-state index contributed by atoms with van der Waals surface area (Å²) in [4.78, 5) is 22.0. The molecule has 0 bridgehead atoms. The third-order valence-corrected chi connectivity index (χ3v) is 1.62. The molecule has 0 aromatic heterocycles. The summed E-state index contributed by atoms with van der Waals surface area (Å²) in [5, 5.41) is 11.3. The minimum atomic E-state index is -1.08. The Morgan fingerprint density at radius 3 is 2.00 bits per heavy atom. The summed E-state index contributed by atoms with van der Waals surface area (Å²) >= 11 is 0. The topological polar surface area (TPSA) is 75.6 Å². The molecule has 1 amide bonds. The lowest BCUT2D eigenvalue weighted by Crippen LogP contribution is -2.46. The van der Waals surface area contributed by atoms with Crippen LogP contribution in [0.4, 0.5) is 0 Å². The smallest absolute Gasteiger partial charge is 0.332 e. The highest BCUT2D eigenvalue weighted by molar-refractivity contribution is 5.81. The summed E-state index contributed by atoms with van der Waals surface area (Å²) in [5.74, 6) is -1.39. The van der Waals surface area contributed by atoms with Gasteiger partial charge in [0, 0.05) is 5.54 Å². The maximum atomic E-state index is 11.5. The van der Waals surface area contributed by atoms with Crippen molar-refractivity contribution in [3.8, 4) is 0 Å². The number of amides is 1. The average Bonchev–Trinajstić information content (AvgIpc) is 2.00. The Kier molecular flexibility index (Phi) is 4.74. The van der Waals surface area contributed by atoms with E-state index < -0.39 is 18.2 Å². The first-order chi connectivity index (χ1) is 6.63. The zero-order valence-electron chi connectivity index (χ0n) is 9.83. The molecule has 2 atom stereocenters. The van der Waals surface area contributed by atoms with Crippen LogP contribution in [0.5, 0.6) is 0 Å². The molecule has 0 aromatic rings. The number of rotatable bonds is 4. The lowest BCUT2D eigenvalue weighted by molar-refractivity contribution is -0.156. The molecule has 5 nitrogen and oxygen atoms in total. The normalized spacial score (nSPS) is 15.5. The lowest BCUT2D eigenvalue weighted by atomic mass is 10.1. The van der Waals surface area contributed by atoms with Crippen molar-refractivity contribution in [1.82, 2.24) is 5.32 Å². The minimum absolute atomic E-state index is 0.310. The van der Waals surface area contributed by atoms with Crippen LogP contribution in [0, 0.1) is 0 Å². The van der Waals surface area contributed by atoms with Crippen LogP contribution in [0.2, 0.25) is 0 Å². The summed E-state index contributed by atoms with van der Waals surface area (Å²) in [7, 11) is 0. The Hall–Kier alpha value is -1.10. The summed E-state index contributed by atoms with van der Waals surface area (Å²) in [6.07, 6.45) is -1.75. The molecular formula is C10H19NO4. The molecule has 0 aliphatic rings. The molecule has 0 fully saturated rings. The molecule has 0 radical (unpaired) electrons. The van der Waals surface area contributed by atoms with Gasteiger partial charge in [0.1, 0.15) is 6.10 Å². The minimum Gasteiger partial charge on any atom is -0.479 e. The molecule has 2 unspecified atom stereocenters. The second-order valence-corrected chi connectivity index (χ2v) is 4.50. The van der Waals surface area contributed by atoms with Gasteiger partial charge < -0.3 is 15.2 Å². The van der Waals surface area contributed by atoms with Crippen LogP contribution in [0.25, 0.3) is 0 Å². The SMILES string of the molecule is CC(OC(C)C(=O)NC(C)(C)C)C(=O)O. The molecule has 5 heteroatoms. The van der Waals surface area contributed by atoms with Crippen molar-refractivity contribution >= 4 is 11.9 Å². The van der Waals surface area contributed by atoms with Gasteiger partial charge in [-0.05, 0) is 34.6 Å². The van der Waals surface area contributed by atoms with Crippen molar-refractivity contribution in [2.75, 3.05) is 0 Å². The fraction of sp³-hybridized carbons (Fsp3) is 0.800. The van der Waals surface area contributed by atoms with Crippen molar-refractivity contribution in [3.05, 3.63) is 0 Å². The van der Waals surface area contributed by atoms with E-state index in [-0.39, 0.29) is 11.4 Å². The van der Waals surface area contributed by atoms with Crippen LogP contribution >= 0.6 is 0 Å². The van der Waals surface area contributed by atoms with Gasteiger partial charge in [-0.2, -0.15) is 0 Å². The Labute approximate surface area is 89.8 Å². The first-order valence-electron chi connectivity index (χ1n) is 4.84. The fourth-order valence-corrected chi connectivity index (χ4v) is 0.897. The van der Waals surface area contributed by atoms with E-state index in [1.165, 1.54) is 13.8 Å². The van der Waals surface area contributed by atoms with Gasteiger partial charge in [-0.3, -0.25) is 4.79 Å². The number of carbonyl (C=O) groups excluding carboxylic acids is 1. The van der Waals surface area contributed by atoms with Crippen LogP contribution < -0.4 is 5.32 Å². The van der Waals surface area contributed by atoms with Crippen molar-refractivity contribution in [2.45, 2.75) is 52.4 Å². The van der Waals surface area contributed by atoms with Crippen LogP contribution in [0.1, 0.15) is 34.6 Å². The van der Waals surface area contributed by atoms with Gasteiger partial charge in [-0.15, -0.1) is 0 Å². The lowest BCUT2D eigenvalue weighted by Gasteiger charge is -2.24. The highest BCUT2D eigenvalue weighted by atomic mass is 16.5. The first-order valence-corrected chi connectivity index (χ1v) is 4.84. The number of carboxylic acid groups (broad SMARTS) is 1. The zero-order chi connectivity index (χ0) is 12.2. The first kappa shape index (κ1) is 13.9. The second-order valence-electron chi connectivity index (χ2n) is 4.50. The highest BCUT2D eigenvalue weighted by Crippen LogP contribution is 2.03. The molecular weight excluding hydrogens is 198 g/mol. The van der Waals surface area contributed by atoms with Gasteiger partial charge in [0.25, 0.3) is 0 Å². The molecule has 0 aliphatic heterocycles. The number of carboxylic acids is 1. The maximum absolute atomic E-state index is 11.5. The van der Waals surface area contributed by atoms with Crippen LogP contribution in [0.15, 0.2) is 0 Å². The van der Waals surface area contributed by atoms with Gasteiger partial charge in [-0.25, -0.2) is 4.79 Å². The molecule has 0 aliphatic carbocycles. The monoisotopic (exact) mass is 217 g/mol. The Balaban J connectivity index is 4.17. The van der Waals surface area contributed by atoms with E-state index in [4.69, 9.17) is 9.84 Å². The molecule has 0 aromatic carbocycles. The van der Waals surface area contributed by atoms with Crippen molar-refractivity contribution in [3.63, 3.8) is 0 Å². The number of ether oxygens (including phenoxy) is 1. The third kappa shape index (κ3) is 6.06. The van der Waals surface area contributed by atoms with E-state index in [1.54, 1.807) is 0 Å². The predicted molar refractivity (Wildman–Crippen MR) is 55.5 cm³/mol. The van der Waals surface area contributed by atoms with Gasteiger partial charge in [0.2, 0.25) is 5.91 Å². The number of hydrogen-bond acceptors (Lipinski definition) is 3. The van der Waals surface area contributed by atoms with Gasteiger partial charge in [0.15, 0.2) is 6.10 Å². The van der Waals surface area contributed by atoms with Crippen molar-refractivity contribution < 1.29 is 19.4 Å². The Bertz CT molecular complexity index is 244. The zero-order valence-corrected chi connectivity index (χ0v) is 9.83. The number of carbonyl (C=O) groups is 2. The second kappa shape index (κ2) is 5.11. The number of aliphatic carboxylic acids is 1. The molecule has 2 N–H and O–H groups in total. The molecule has 0 spiro atoms. The predicted octanol–water partition coefficient (Wildman–Crippen LogP) is 0.779. The van der Waals surface area contributed by atoms with E-state index in [2.05, 4.69) is 5.32 Å². The van der Waals surface area contributed by atoms with Gasteiger partial charge in [0.05, 0.1) is 0 Å². The largest absolute Gasteiger partial charge is 0.479 e. The average molecular weight is 217 g/mol. The van der Waals surface area contributed by atoms with E-state index in [0.717, 1.165) is 0 Å². The molecule has 15 heavy (non-hydrogen) atoms. The fourth-order valence-electron chi connectivity index (χ4n) is 0.897. The molecule has 0 rings (SSSR count). The van der Waals surface area contributed by atoms with Gasteiger partial charge in [-0.1, -0.05) is 0 Å².